The first kappa shape index (κ1) is 21.6. The highest BCUT2D eigenvalue weighted by molar-refractivity contribution is 5.92. The highest BCUT2D eigenvalue weighted by Gasteiger charge is 2.25. The van der Waals surface area contributed by atoms with E-state index < -0.39 is 23.6 Å². The molecule has 2 aromatic carbocycles. The summed E-state index contributed by atoms with van der Waals surface area (Å²) in [4.78, 5) is 14.3. The van der Waals surface area contributed by atoms with E-state index in [1.165, 1.54) is 11.0 Å². The molecule has 0 heterocycles. The van der Waals surface area contributed by atoms with Gasteiger partial charge in [0.25, 0.3) is 0 Å². The van der Waals surface area contributed by atoms with Crippen LogP contribution in [0.2, 0.25) is 0 Å². The van der Waals surface area contributed by atoms with Gasteiger partial charge in [0.1, 0.15) is 17.4 Å². The first-order valence-corrected chi connectivity index (χ1v) is 9.03. The molecular weight excluding hydrogens is 364 g/mol. The van der Waals surface area contributed by atoms with Crippen LogP contribution in [0.3, 0.4) is 0 Å². The normalized spacial score (nSPS) is 12.4. The number of nitrogens with zero attached hydrogens (tertiary/aromatic N) is 1. The lowest BCUT2D eigenvalue weighted by molar-refractivity contribution is -0.131. The molecule has 0 fully saturated rings. The van der Waals surface area contributed by atoms with Gasteiger partial charge in [0, 0.05) is 18.2 Å². The molecule has 1 amide bonds. The van der Waals surface area contributed by atoms with Gasteiger partial charge in [-0.15, -0.1) is 0 Å². The highest BCUT2D eigenvalue weighted by Crippen LogP contribution is 2.19. The Balaban J connectivity index is 2.29. The lowest BCUT2D eigenvalue weighted by atomic mass is 10.0. The standard InChI is InChI=1S/C22H25F2NO3/c1-15(2)21(14-26)25(13-16-7-9-17(28-3)10-8-16)22(27)12-11-18-19(23)5-4-6-20(18)24/h4-12,15,21,26H,13-14H2,1-3H3/t21-/m1/s1. The van der Waals surface area contributed by atoms with E-state index in [0.717, 1.165) is 29.8 Å². The van der Waals surface area contributed by atoms with Crippen LogP contribution in [0, 0.1) is 17.6 Å². The Morgan fingerprint density at radius 2 is 1.75 bits per heavy atom. The minimum atomic E-state index is -0.742. The van der Waals surface area contributed by atoms with E-state index in [0.29, 0.717) is 5.75 Å². The molecule has 0 aromatic heterocycles. The Kier molecular flexibility index (Phi) is 7.70. The molecule has 2 rings (SSSR count). The van der Waals surface area contributed by atoms with Crippen LogP contribution in [0.15, 0.2) is 48.5 Å². The van der Waals surface area contributed by atoms with Gasteiger partial charge in [0.15, 0.2) is 0 Å². The van der Waals surface area contributed by atoms with E-state index >= 15 is 0 Å². The summed E-state index contributed by atoms with van der Waals surface area (Å²) in [5.41, 5.74) is 0.573. The van der Waals surface area contributed by atoms with Gasteiger partial charge in [0.05, 0.1) is 19.8 Å². The molecule has 0 spiro atoms. The second-order valence-electron chi connectivity index (χ2n) is 6.78. The molecule has 28 heavy (non-hydrogen) atoms. The van der Waals surface area contributed by atoms with E-state index in [2.05, 4.69) is 0 Å². The van der Waals surface area contributed by atoms with Crippen molar-refractivity contribution in [2.24, 2.45) is 5.92 Å². The quantitative estimate of drug-likeness (QED) is 0.694. The minimum Gasteiger partial charge on any atom is -0.497 e. The second kappa shape index (κ2) is 9.99. The summed E-state index contributed by atoms with van der Waals surface area (Å²) in [7, 11) is 1.57. The fourth-order valence-electron chi connectivity index (χ4n) is 2.88. The Morgan fingerprint density at radius 3 is 2.25 bits per heavy atom. The van der Waals surface area contributed by atoms with Crippen molar-refractivity contribution < 1.29 is 23.4 Å². The van der Waals surface area contributed by atoms with Crippen LogP contribution >= 0.6 is 0 Å². The molecule has 4 nitrogen and oxygen atoms in total. The van der Waals surface area contributed by atoms with Crippen LogP contribution < -0.4 is 4.74 Å². The Hall–Kier alpha value is -2.73. The summed E-state index contributed by atoms with van der Waals surface area (Å²) in [6.07, 6.45) is 2.26. The minimum absolute atomic E-state index is 0.00852. The first-order valence-electron chi connectivity index (χ1n) is 9.03. The summed E-state index contributed by atoms with van der Waals surface area (Å²) in [6, 6.07) is 10.3. The zero-order valence-corrected chi connectivity index (χ0v) is 16.2. The van der Waals surface area contributed by atoms with Crippen LogP contribution in [0.1, 0.15) is 25.0 Å². The monoisotopic (exact) mass is 389 g/mol. The lowest BCUT2D eigenvalue weighted by Crippen LogP contribution is -2.44. The predicted octanol–water partition coefficient (Wildman–Crippen LogP) is 4.03. The van der Waals surface area contributed by atoms with Crippen molar-refractivity contribution in [2.45, 2.75) is 26.4 Å². The third-order valence-corrected chi connectivity index (χ3v) is 4.54. The number of amides is 1. The largest absolute Gasteiger partial charge is 0.497 e. The maximum absolute atomic E-state index is 13.8. The number of benzene rings is 2. The average molecular weight is 389 g/mol. The third kappa shape index (κ3) is 5.39. The maximum Gasteiger partial charge on any atom is 0.247 e. The van der Waals surface area contributed by atoms with Gasteiger partial charge in [-0.25, -0.2) is 8.78 Å². The molecule has 0 radical (unpaired) electrons. The zero-order chi connectivity index (χ0) is 20.7. The van der Waals surface area contributed by atoms with E-state index in [-0.39, 0.29) is 24.6 Å². The van der Waals surface area contributed by atoms with Gasteiger partial charge in [0.2, 0.25) is 5.91 Å². The van der Waals surface area contributed by atoms with Crippen LogP contribution in [-0.2, 0) is 11.3 Å². The van der Waals surface area contributed by atoms with Gasteiger partial charge in [-0.3, -0.25) is 4.79 Å². The maximum atomic E-state index is 13.8. The van der Waals surface area contributed by atoms with E-state index in [1.54, 1.807) is 19.2 Å². The van der Waals surface area contributed by atoms with Gasteiger partial charge >= 0.3 is 0 Å². The number of methoxy groups -OCH3 is 1. The second-order valence-corrected chi connectivity index (χ2v) is 6.78. The molecule has 0 saturated heterocycles. The molecule has 6 heteroatoms. The number of hydrogen-bond donors (Lipinski definition) is 1. The molecule has 1 atom stereocenters. The van der Waals surface area contributed by atoms with Gasteiger partial charge < -0.3 is 14.7 Å². The molecule has 0 aliphatic rings. The van der Waals surface area contributed by atoms with E-state index in [9.17, 15) is 18.7 Å². The van der Waals surface area contributed by atoms with Crippen molar-refractivity contribution in [1.29, 1.82) is 0 Å². The number of rotatable bonds is 8. The van der Waals surface area contributed by atoms with E-state index in [1.807, 2.05) is 26.0 Å². The van der Waals surface area contributed by atoms with Crippen LogP contribution in [0.25, 0.3) is 6.08 Å². The molecular formula is C22H25F2NO3. The van der Waals surface area contributed by atoms with Crippen LogP contribution in [-0.4, -0.2) is 35.7 Å². The van der Waals surface area contributed by atoms with Crippen molar-refractivity contribution >= 4 is 12.0 Å². The Morgan fingerprint density at radius 1 is 1.14 bits per heavy atom. The van der Waals surface area contributed by atoms with Crippen molar-refractivity contribution in [1.82, 2.24) is 4.90 Å². The van der Waals surface area contributed by atoms with Crippen molar-refractivity contribution in [2.75, 3.05) is 13.7 Å². The molecule has 0 aliphatic heterocycles. The van der Waals surface area contributed by atoms with Gasteiger partial charge in [-0.1, -0.05) is 32.0 Å². The summed E-state index contributed by atoms with van der Waals surface area (Å²) in [5.74, 6) is -1.24. The third-order valence-electron chi connectivity index (χ3n) is 4.54. The summed E-state index contributed by atoms with van der Waals surface area (Å²) < 4.78 is 32.7. The van der Waals surface area contributed by atoms with Crippen molar-refractivity contribution in [3.8, 4) is 5.75 Å². The van der Waals surface area contributed by atoms with Gasteiger partial charge in [-0.05, 0) is 41.8 Å². The fraction of sp³-hybridized carbons (Fsp3) is 0.318. The van der Waals surface area contributed by atoms with Crippen molar-refractivity contribution in [3.05, 3.63) is 71.3 Å². The SMILES string of the molecule is COc1ccc(CN(C(=O)C=Cc2c(F)cccc2F)[C@H](CO)C(C)C)cc1. The average Bonchev–Trinajstić information content (AvgIpc) is 2.67. The molecule has 2 aromatic rings. The zero-order valence-electron chi connectivity index (χ0n) is 16.2. The number of aliphatic hydroxyl groups is 1. The summed E-state index contributed by atoms with van der Waals surface area (Å²) >= 11 is 0. The number of aliphatic hydroxyl groups excluding tert-OH is 1. The number of carbonyl (C=O) groups is 1. The summed E-state index contributed by atoms with van der Waals surface area (Å²) in [6.45, 7) is 3.82. The number of ether oxygens (including phenoxy) is 1. The molecule has 0 saturated carbocycles. The fourth-order valence-corrected chi connectivity index (χ4v) is 2.88. The van der Waals surface area contributed by atoms with E-state index in [4.69, 9.17) is 4.74 Å². The predicted molar refractivity (Wildman–Crippen MR) is 105 cm³/mol. The summed E-state index contributed by atoms with van der Waals surface area (Å²) in [5, 5.41) is 9.79. The highest BCUT2D eigenvalue weighted by atomic mass is 19.1. The number of hydrogen-bond acceptors (Lipinski definition) is 3. The molecule has 1 N–H and O–H groups in total. The number of carbonyl (C=O) groups excluding carboxylic acids is 1. The number of halogens is 2. The molecule has 0 bridgehead atoms. The van der Waals surface area contributed by atoms with Crippen molar-refractivity contribution in [3.63, 3.8) is 0 Å². The van der Waals surface area contributed by atoms with Gasteiger partial charge in [-0.2, -0.15) is 0 Å². The molecule has 0 aliphatic carbocycles. The Labute approximate surface area is 164 Å². The Bertz CT molecular complexity index is 799. The lowest BCUT2D eigenvalue weighted by Gasteiger charge is -2.32. The first-order chi connectivity index (χ1) is 13.4. The van der Waals surface area contributed by atoms with Crippen LogP contribution in [0.5, 0.6) is 5.75 Å². The molecule has 150 valence electrons. The topological polar surface area (TPSA) is 49.8 Å². The smallest absolute Gasteiger partial charge is 0.247 e. The van der Waals surface area contributed by atoms with Crippen LogP contribution in [0.4, 0.5) is 8.78 Å². The molecule has 0 unspecified atom stereocenters.